The molecule has 1 aromatic heterocycles. The molecule has 2 rings (SSSR count). The Labute approximate surface area is 96.5 Å². The van der Waals surface area contributed by atoms with E-state index in [2.05, 4.69) is 45.8 Å². The number of hydrogen-bond acceptors (Lipinski definition) is 2. The van der Waals surface area contributed by atoms with E-state index in [1.54, 1.807) is 6.20 Å². The highest BCUT2D eigenvalue weighted by atomic mass is 127. The number of halogens is 1. The molecule has 1 heterocycles. The van der Waals surface area contributed by atoms with E-state index in [0.717, 1.165) is 18.1 Å². The summed E-state index contributed by atoms with van der Waals surface area (Å²) in [6.07, 6.45) is 2.52. The van der Waals surface area contributed by atoms with Crippen molar-refractivity contribution in [3.8, 4) is 0 Å². The summed E-state index contributed by atoms with van der Waals surface area (Å²) in [4.78, 5) is 4.17. The molecule has 0 aliphatic rings. The predicted octanol–water partition coefficient (Wildman–Crippen LogP) is 3.18. The van der Waals surface area contributed by atoms with Gasteiger partial charge in [-0.3, -0.25) is 0 Å². The van der Waals surface area contributed by atoms with E-state index in [4.69, 9.17) is 4.42 Å². The van der Waals surface area contributed by atoms with Gasteiger partial charge in [-0.1, -0.05) is 12.1 Å². The van der Waals surface area contributed by atoms with E-state index in [0.29, 0.717) is 0 Å². The second-order valence-corrected chi connectivity index (χ2v) is 4.42. The Morgan fingerprint density at radius 3 is 2.93 bits per heavy atom. The van der Waals surface area contributed by atoms with Crippen LogP contribution in [0.1, 0.15) is 17.2 Å². The van der Waals surface area contributed by atoms with Gasteiger partial charge in [0, 0.05) is 9.99 Å². The molecule has 14 heavy (non-hydrogen) atoms. The third-order valence-electron chi connectivity index (χ3n) is 1.91. The van der Waals surface area contributed by atoms with Crippen molar-refractivity contribution < 1.29 is 4.42 Å². The quantitative estimate of drug-likeness (QED) is 0.796. The molecule has 0 saturated heterocycles. The topological polar surface area (TPSA) is 26.0 Å². The first kappa shape index (κ1) is 9.71. The van der Waals surface area contributed by atoms with Crippen molar-refractivity contribution >= 4 is 22.6 Å². The predicted molar refractivity (Wildman–Crippen MR) is 63.2 cm³/mol. The van der Waals surface area contributed by atoms with Crippen molar-refractivity contribution in [1.29, 1.82) is 0 Å². The smallest absolute Gasteiger partial charge is 0.198 e. The maximum absolute atomic E-state index is 5.41. The Balaban J connectivity index is 2.18. The van der Waals surface area contributed by atoms with Crippen molar-refractivity contribution in [2.45, 2.75) is 13.3 Å². The van der Waals surface area contributed by atoms with E-state index in [1.165, 1.54) is 9.13 Å². The van der Waals surface area contributed by atoms with Crippen LogP contribution in [0.2, 0.25) is 0 Å². The Morgan fingerprint density at radius 1 is 1.43 bits per heavy atom. The second-order valence-electron chi connectivity index (χ2n) is 3.17. The molecule has 3 heteroatoms. The van der Waals surface area contributed by atoms with E-state index < -0.39 is 0 Å². The molecule has 0 radical (unpaired) electrons. The van der Waals surface area contributed by atoms with E-state index >= 15 is 0 Å². The van der Waals surface area contributed by atoms with Gasteiger partial charge in [0.05, 0.1) is 6.20 Å². The van der Waals surface area contributed by atoms with Crippen molar-refractivity contribution in [3.63, 3.8) is 0 Å². The van der Waals surface area contributed by atoms with Crippen LogP contribution in [-0.4, -0.2) is 4.98 Å². The van der Waals surface area contributed by atoms with Gasteiger partial charge in [-0.25, -0.2) is 4.98 Å². The highest BCUT2D eigenvalue weighted by Crippen LogP contribution is 2.12. The molecule has 0 spiro atoms. The Hall–Kier alpha value is -0.840. The molecular formula is C11H10INO. The summed E-state index contributed by atoms with van der Waals surface area (Å²) in [5, 5.41) is 0. The van der Waals surface area contributed by atoms with E-state index in [-0.39, 0.29) is 0 Å². The van der Waals surface area contributed by atoms with Crippen LogP contribution in [0, 0.1) is 10.5 Å². The van der Waals surface area contributed by atoms with Crippen molar-refractivity contribution in [2.75, 3.05) is 0 Å². The molecule has 0 bridgehead atoms. The first-order chi connectivity index (χ1) is 6.74. The summed E-state index contributed by atoms with van der Waals surface area (Å²) in [5.74, 6) is 1.65. The highest BCUT2D eigenvalue weighted by molar-refractivity contribution is 14.1. The molecule has 0 saturated carbocycles. The van der Waals surface area contributed by atoms with Gasteiger partial charge in [-0.15, -0.1) is 0 Å². The van der Waals surface area contributed by atoms with Crippen LogP contribution in [0.4, 0.5) is 0 Å². The van der Waals surface area contributed by atoms with Gasteiger partial charge < -0.3 is 4.42 Å². The average Bonchev–Trinajstić information content (AvgIpc) is 2.51. The lowest BCUT2D eigenvalue weighted by molar-refractivity contribution is 0.481. The van der Waals surface area contributed by atoms with Crippen LogP contribution >= 0.6 is 22.6 Å². The van der Waals surface area contributed by atoms with Crippen LogP contribution in [0.25, 0.3) is 0 Å². The van der Waals surface area contributed by atoms with Gasteiger partial charge in [-0.2, -0.15) is 0 Å². The third-order valence-corrected chi connectivity index (χ3v) is 2.58. The summed E-state index contributed by atoms with van der Waals surface area (Å²) >= 11 is 2.30. The number of aryl methyl sites for hydroxylation is 1. The maximum Gasteiger partial charge on any atom is 0.198 e. The lowest BCUT2D eigenvalue weighted by atomic mass is 10.1. The number of benzene rings is 1. The highest BCUT2D eigenvalue weighted by Gasteiger charge is 2.02. The first-order valence-corrected chi connectivity index (χ1v) is 5.47. The summed E-state index contributed by atoms with van der Waals surface area (Å²) in [6, 6.07) is 8.35. The van der Waals surface area contributed by atoms with Crippen molar-refractivity contribution in [2.24, 2.45) is 0 Å². The van der Waals surface area contributed by atoms with Gasteiger partial charge in [0.25, 0.3) is 0 Å². The van der Waals surface area contributed by atoms with Crippen LogP contribution in [-0.2, 0) is 6.42 Å². The fourth-order valence-corrected chi connectivity index (χ4v) is 1.91. The molecule has 2 nitrogen and oxygen atoms in total. The monoisotopic (exact) mass is 299 g/mol. The van der Waals surface area contributed by atoms with Gasteiger partial charge in [0.1, 0.15) is 5.76 Å². The second kappa shape index (κ2) is 4.13. The molecule has 0 amide bonds. The van der Waals surface area contributed by atoms with Gasteiger partial charge in [0.15, 0.2) is 5.89 Å². The third kappa shape index (κ3) is 2.35. The fraction of sp³-hybridized carbons (Fsp3) is 0.182. The van der Waals surface area contributed by atoms with Crippen LogP contribution in [0.5, 0.6) is 0 Å². The van der Waals surface area contributed by atoms with Crippen LogP contribution in [0.3, 0.4) is 0 Å². The van der Waals surface area contributed by atoms with Gasteiger partial charge >= 0.3 is 0 Å². The number of aromatic nitrogens is 1. The zero-order valence-electron chi connectivity index (χ0n) is 7.83. The Bertz CT molecular complexity index is 436. The van der Waals surface area contributed by atoms with Crippen molar-refractivity contribution in [3.05, 3.63) is 51.2 Å². The largest absolute Gasteiger partial charge is 0.446 e. The van der Waals surface area contributed by atoms with Crippen LogP contribution in [0.15, 0.2) is 34.9 Å². The maximum atomic E-state index is 5.41. The van der Waals surface area contributed by atoms with E-state index in [1.807, 2.05) is 13.0 Å². The normalized spacial score (nSPS) is 10.4. The lowest BCUT2D eigenvalue weighted by Crippen LogP contribution is -1.88. The molecular weight excluding hydrogens is 289 g/mol. The molecule has 72 valence electrons. The first-order valence-electron chi connectivity index (χ1n) is 4.40. The summed E-state index contributed by atoms with van der Waals surface area (Å²) in [6.45, 7) is 1.91. The molecule has 2 aromatic rings. The molecule has 0 atom stereocenters. The summed E-state index contributed by atoms with van der Waals surface area (Å²) in [7, 11) is 0. The average molecular weight is 299 g/mol. The molecule has 0 unspecified atom stereocenters. The number of rotatable bonds is 2. The zero-order valence-corrected chi connectivity index (χ0v) is 9.98. The standard InChI is InChI=1S/C11H10INO/c1-8-7-13-11(14-8)6-9-3-2-4-10(12)5-9/h2-5,7H,6H2,1H3. The van der Waals surface area contributed by atoms with Gasteiger partial charge in [-0.05, 0) is 47.2 Å². The minimum absolute atomic E-state index is 0.769. The molecule has 0 fully saturated rings. The lowest BCUT2D eigenvalue weighted by Gasteiger charge is -1.97. The zero-order chi connectivity index (χ0) is 9.97. The van der Waals surface area contributed by atoms with Crippen molar-refractivity contribution in [1.82, 2.24) is 4.98 Å². The van der Waals surface area contributed by atoms with Gasteiger partial charge in [0.2, 0.25) is 0 Å². The number of hydrogen-bond donors (Lipinski definition) is 0. The molecule has 1 aromatic carbocycles. The summed E-state index contributed by atoms with van der Waals surface area (Å²) < 4.78 is 6.65. The minimum Gasteiger partial charge on any atom is -0.446 e. The number of nitrogens with zero attached hydrogens (tertiary/aromatic N) is 1. The number of oxazole rings is 1. The molecule has 0 N–H and O–H groups in total. The Kier molecular flexibility index (Phi) is 2.86. The minimum atomic E-state index is 0.769. The summed E-state index contributed by atoms with van der Waals surface area (Å²) in [5.41, 5.74) is 1.23. The molecule has 0 aliphatic heterocycles. The van der Waals surface area contributed by atoms with E-state index in [9.17, 15) is 0 Å². The Morgan fingerprint density at radius 2 is 2.29 bits per heavy atom. The molecule has 0 aliphatic carbocycles. The van der Waals surface area contributed by atoms with Crippen LogP contribution < -0.4 is 0 Å². The SMILES string of the molecule is Cc1cnc(Cc2cccc(I)c2)o1. The fourth-order valence-electron chi connectivity index (χ4n) is 1.30.